The number of rotatable bonds is 3. The van der Waals surface area contributed by atoms with Gasteiger partial charge >= 0.3 is 5.97 Å². The number of nitrogens with zero attached hydrogens (tertiary/aromatic N) is 3. The smallest absolute Gasteiger partial charge is 0.328 e. The Morgan fingerprint density at radius 1 is 1.50 bits per heavy atom. The van der Waals surface area contributed by atoms with Crippen LogP contribution in [0.2, 0.25) is 0 Å². The second-order valence-corrected chi connectivity index (χ2v) is 3.10. The lowest BCUT2D eigenvalue weighted by molar-refractivity contribution is -0.143. The highest BCUT2D eigenvalue weighted by molar-refractivity contribution is 5.77. The molecular weight excluding hydrogens is 206 g/mol. The van der Waals surface area contributed by atoms with Crippen molar-refractivity contribution in [2.75, 3.05) is 6.61 Å². The molecule has 0 saturated heterocycles. The van der Waals surface area contributed by atoms with Crippen molar-refractivity contribution in [2.24, 2.45) is 0 Å². The van der Waals surface area contributed by atoms with Crippen LogP contribution in [0.3, 0.4) is 0 Å². The average Bonchev–Trinajstić information content (AvgIpc) is 2.70. The van der Waals surface area contributed by atoms with Crippen LogP contribution in [0, 0.1) is 12.3 Å². The molecule has 0 unspecified atom stereocenters. The number of esters is 1. The third kappa shape index (κ3) is 2.01. The standard InChI is InChI=1S/C11H9N3O2/c1-2-7-16-11(15)8-14-10-6-4-3-5-9(10)12-13-14/h1,3-6H,7-8H2. The Morgan fingerprint density at radius 2 is 2.31 bits per heavy atom. The third-order valence-corrected chi connectivity index (χ3v) is 2.02. The maximum absolute atomic E-state index is 11.3. The minimum absolute atomic E-state index is 0.0161. The van der Waals surface area contributed by atoms with E-state index in [0.29, 0.717) is 0 Å². The Labute approximate surface area is 92.0 Å². The summed E-state index contributed by atoms with van der Waals surface area (Å²) >= 11 is 0. The number of terminal acetylenes is 1. The van der Waals surface area contributed by atoms with Crippen LogP contribution in [0.5, 0.6) is 0 Å². The number of ether oxygens (including phenoxy) is 1. The summed E-state index contributed by atoms with van der Waals surface area (Å²) in [6.07, 6.45) is 4.98. The van der Waals surface area contributed by atoms with Gasteiger partial charge in [-0.1, -0.05) is 23.3 Å². The number of benzene rings is 1. The number of carbonyl (C=O) groups is 1. The maximum atomic E-state index is 11.3. The molecule has 0 saturated carbocycles. The van der Waals surface area contributed by atoms with Crippen molar-refractivity contribution < 1.29 is 9.53 Å². The third-order valence-electron chi connectivity index (χ3n) is 2.02. The molecule has 0 radical (unpaired) electrons. The lowest BCUT2D eigenvalue weighted by Crippen LogP contribution is -2.14. The molecule has 0 bridgehead atoms. The van der Waals surface area contributed by atoms with Crippen LogP contribution in [-0.4, -0.2) is 27.6 Å². The summed E-state index contributed by atoms with van der Waals surface area (Å²) in [5.74, 6) is 1.80. The number of carbonyl (C=O) groups excluding carboxylic acids is 1. The lowest BCUT2D eigenvalue weighted by atomic mass is 10.3. The molecule has 0 N–H and O–H groups in total. The molecule has 0 atom stereocenters. The second kappa shape index (κ2) is 4.45. The Hall–Kier alpha value is -2.35. The summed E-state index contributed by atoms with van der Waals surface area (Å²) in [5.41, 5.74) is 1.53. The number of fused-ring (bicyclic) bond motifs is 1. The largest absolute Gasteiger partial charge is 0.451 e. The minimum atomic E-state index is -0.423. The van der Waals surface area contributed by atoms with Gasteiger partial charge in [-0.3, -0.25) is 4.79 Å². The van der Waals surface area contributed by atoms with E-state index in [-0.39, 0.29) is 13.2 Å². The quantitative estimate of drug-likeness (QED) is 0.556. The minimum Gasteiger partial charge on any atom is -0.451 e. The van der Waals surface area contributed by atoms with Crippen molar-refractivity contribution >= 4 is 17.0 Å². The van der Waals surface area contributed by atoms with Gasteiger partial charge in [0.25, 0.3) is 0 Å². The Balaban J connectivity index is 2.16. The van der Waals surface area contributed by atoms with Crippen LogP contribution in [0.4, 0.5) is 0 Å². The Bertz CT molecular complexity index is 554. The molecule has 80 valence electrons. The molecule has 1 aromatic heterocycles. The van der Waals surface area contributed by atoms with Gasteiger partial charge in [0, 0.05) is 0 Å². The SMILES string of the molecule is C#CCOC(=O)Cn1nnc2ccccc21. The molecule has 1 heterocycles. The van der Waals surface area contributed by atoms with Gasteiger partial charge in [0.2, 0.25) is 0 Å². The average molecular weight is 215 g/mol. The van der Waals surface area contributed by atoms with Crippen LogP contribution in [0.25, 0.3) is 11.0 Å². The normalized spacial score (nSPS) is 9.94. The molecule has 5 heteroatoms. The predicted molar refractivity (Wildman–Crippen MR) is 57.3 cm³/mol. The van der Waals surface area contributed by atoms with E-state index in [1.807, 2.05) is 24.3 Å². The number of hydrogen-bond donors (Lipinski definition) is 0. The maximum Gasteiger partial charge on any atom is 0.328 e. The molecule has 0 aliphatic rings. The zero-order valence-corrected chi connectivity index (χ0v) is 8.46. The Kier molecular flexibility index (Phi) is 2.83. The molecular formula is C11H9N3O2. The van der Waals surface area contributed by atoms with Gasteiger partial charge in [0.1, 0.15) is 12.1 Å². The highest BCUT2D eigenvalue weighted by Crippen LogP contribution is 2.09. The van der Waals surface area contributed by atoms with Crippen molar-refractivity contribution in [3.05, 3.63) is 24.3 Å². The van der Waals surface area contributed by atoms with E-state index in [9.17, 15) is 4.79 Å². The number of para-hydroxylation sites is 1. The van der Waals surface area contributed by atoms with Crippen LogP contribution < -0.4 is 0 Å². The van der Waals surface area contributed by atoms with Crippen molar-refractivity contribution in [3.8, 4) is 12.3 Å². The van der Waals surface area contributed by atoms with E-state index in [0.717, 1.165) is 11.0 Å². The monoisotopic (exact) mass is 215 g/mol. The number of aromatic nitrogens is 3. The van der Waals surface area contributed by atoms with Gasteiger partial charge in [0.05, 0.1) is 5.52 Å². The summed E-state index contributed by atoms with van der Waals surface area (Å²) in [5, 5.41) is 7.77. The van der Waals surface area contributed by atoms with E-state index in [1.54, 1.807) is 0 Å². The fraction of sp³-hybridized carbons (Fsp3) is 0.182. The fourth-order valence-electron chi connectivity index (χ4n) is 1.32. The molecule has 16 heavy (non-hydrogen) atoms. The molecule has 5 nitrogen and oxygen atoms in total. The topological polar surface area (TPSA) is 57.0 Å². The van der Waals surface area contributed by atoms with Crippen molar-refractivity contribution in [2.45, 2.75) is 6.54 Å². The van der Waals surface area contributed by atoms with Gasteiger partial charge in [0.15, 0.2) is 6.61 Å². The highest BCUT2D eigenvalue weighted by atomic mass is 16.5. The van der Waals surface area contributed by atoms with Gasteiger partial charge in [-0.05, 0) is 12.1 Å². The molecule has 0 amide bonds. The van der Waals surface area contributed by atoms with E-state index in [4.69, 9.17) is 11.2 Å². The molecule has 0 spiro atoms. The number of hydrogen-bond acceptors (Lipinski definition) is 4. The first-order valence-electron chi connectivity index (χ1n) is 4.68. The first kappa shape index (κ1) is 10.2. The summed E-state index contributed by atoms with van der Waals surface area (Å²) < 4.78 is 6.23. The molecule has 0 aliphatic heterocycles. The highest BCUT2D eigenvalue weighted by Gasteiger charge is 2.08. The van der Waals surface area contributed by atoms with E-state index in [2.05, 4.69) is 16.2 Å². The van der Waals surface area contributed by atoms with E-state index in [1.165, 1.54) is 4.68 Å². The molecule has 1 aromatic carbocycles. The van der Waals surface area contributed by atoms with Crippen molar-refractivity contribution in [1.29, 1.82) is 0 Å². The predicted octanol–water partition coefficient (Wildman–Crippen LogP) is 0.608. The van der Waals surface area contributed by atoms with Gasteiger partial charge in [-0.15, -0.1) is 11.5 Å². The van der Waals surface area contributed by atoms with Crippen LogP contribution >= 0.6 is 0 Å². The van der Waals surface area contributed by atoms with Crippen molar-refractivity contribution in [1.82, 2.24) is 15.0 Å². The van der Waals surface area contributed by atoms with Gasteiger partial charge < -0.3 is 4.74 Å². The summed E-state index contributed by atoms with van der Waals surface area (Å²) in [4.78, 5) is 11.3. The zero-order valence-electron chi connectivity index (χ0n) is 8.46. The molecule has 2 rings (SSSR count). The molecule has 0 aliphatic carbocycles. The first-order valence-corrected chi connectivity index (χ1v) is 4.68. The zero-order chi connectivity index (χ0) is 11.4. The lowest BCUT2D eigenvalue weighted by Gasteiger charge is -2.01. The van der Waals surface area contributed by atoms with Crippen LogP contribution in [-0.2, 0) is 16.1 Å². The molecule has 0 fully saturated rings. The fourth-order valence-corrected chi connectivity index (χ4v) is 1.32. The first-order chi connectivity index (χ1) is 7.81. The van der Waals surface area contributed by atoms with E-state index < -0.39 is 5.97 Å². The summed E-state index contributed by atoms with van der Waals surface area (Å²) in [6.45, 7) is -0.00629. The van der Waals surface area contributed by atoms with Gasteiger partial charge in [-0.25, -0.2) is 4.68 Å². The van der Waals surface area contributed by atoms with Gasteiger partial charge in [-0.2, -0.15) is 0 Å². The van der Waals surface area contributed by atoms with Crippen molar-refractivity contribution in [3.63, 3.8) is 0 Å². The van der Waals surface area contributed by atoms with Crippen LogP contribution in [0.15, 0.2) is 24.3 Å². The van der Waals surface area contributed by atoms with E-state index >= 15 is 0 Å². The molecule has 2 aromatic rings. The van der Waals surface area contributed by atoms with Crippen LogP contribution in [0.1, 0.15) is 0 Å². The summed E-state index contributed by atoms with van der Waals surface area (Å²) in [6, 6.07) is 7.38. The second-order valence-electron chi connectivity index (χ2n) is 3.10. The Morgan fingerprint density at radius 3 is 3.12 bits per heavy atom. The summed E-state index contributed by atoms with van der Waals surface area (Å²) in [7, 11) is 0.